The Labute approximate surface area is 420 Å². The SMILES string of the molecule is CC/C=C\C/C=C\C/C=C\CCCCCCCCC(=O)OC(COC(=O)CCCCC/C=C\C=C/CCCCCCCCC)COC(=O)CCCCCCC/C=C\C=C/CCCCCCCCC. The molecule has 0 spiro atoms. The molecule has 0 fully saturated rings. The third-order valence-corrected chi connectivity index (χ3v) is 12.2. The summed E-state index contributed by atoms with van der Waals surface area (Å²) in [5, 5.41) is 0. The first-order valence-corrected chi connectivity index (χ1v) is 28.6. The van der Waals surface area contributed by atoms with Crippen molar-refractivity contribution in [1.29, 1.82) is 0 Å². The molecule has 0 aliphatic rings. The van der Waals surface area contributed by atoms with Gasteiger partial charge in [0, 0.05) is 19.3 Å². The monoisotopic (exact) mass is 947 g/mol. The molecular weight excluding hydrogens is 841 g/mol. The maximum absolute atomic E-state index is 12.8. The lowest BCUT2D eigenvalue weighted by molar-refractivity contribution is -0.167. The van der Waals surface area contributed by atoms with Crippen molar-refractivity contribution < 1.29 is 28.6 Å². The van der Waals surface area contributed by atoms with Crippen LogP contribution in [-0.2, 0) is 28.6 Å². The van der Waals surface area contributed by atoms with Gasteiger partial charge in [0.1, 0.15) is 13.2 Å². The zero-order chi connectivity index (χ0) is 49.3. The number of ether oxygens (including phenoxy) is 3. The molecule has 0 saturated heterocycles. The predicted octanol–water partition coefficient (Wildman–Crippen LogP) is 19.2. The molecule has 0 heterocycles. The van der Waals surface area contributed by atoms with Crippen molar-refractivity contribution >= 4 is 17.9 Å². The van der Waals surface area contributed by atoms with Crippen LogP contribution in [0.1, 0.15) is 271 Å². The first-order chi connectivity index (χ1) is 33.5. The summed E-state index contributed by atoms with van der Waals surface area (Å²) in [6, 6.07) is 0. The van der Waals surface area contributed by atoms with Gasteiger partial charge in [-0.15, -0.1) is 0 Å². The van der Waals surface area contributed by atoms with Crippen LogP contribution in [0, 0.1) is 0 Å². The highest BCUT2D eigenvalue weighted by Gasteiger charge is 2.19. The van der Waals surface area contributed by atoms with E-state index in [-0.39, 0.29) is 31.1 Å². The van der Waals surface area contributed by atoms with E-state index in [4.69, 9.17) is 14.2 Å². The van der Waals surface area contributed by atoms with Crippen molar-refractivity contribution in [3.63, 3.8) is 0 Å². The molecule has 0 radical (unpaired) electrons. The van der Waals surface area contributed by atoms with E-state index < -0.39 is 6.10 Å². The fourth-order valence-corrected chi connectivity index (χ4v) is 7.85. The zero-order valence-corrected chi connectivity index (χ0v) is 44.6. The number of carbonyl (C=O) groups is 3. The second-order valence-electron chi connectivity index (χ2n) is 18.9. The average molecular weight is 948 g/mol. The van der Waals surface area contributed by atoms with Crippen LogP contribution in [0.5, 0.6) is 0 Å². The summed E-state index contributed by atoms with van der Waals surface area (Å²) in [6.45, 7) is 6.48. The smallest absolute Gasteiger partial charge is 0.306 e. The molecule has 1 atom stereocenters. The maximum atomic E-state index is 12.8. The largest absolute Gasteiger partial charge is 0.462 e. The van der Waals surface area contributed by atoms with E-state index in [0.29, 0.717) is 19.3 Å². The molecule has 0 aromatic carbocycles. The number of esters is 3. The Morgan fingerprint density at radius 3 is 1.00 bits per heavy atom. The standard InChI is InChI=1S/C62H106O6/c1-4-7-10-13-16-19-22-25-28-31-32-35-37-40-43-46-49-52-55-61(64)67-58-59(68-62(65)56-53-50-47-44-41-38-34-30-27-24-21-18-15-12-9-6-3)57-66-60(63)54-51-48-45-42-39-36-33-29-26-23-20-17-14-11-8-5-2/h9,12,18,21,27-33,35-36,39,59H,4-8,10-11,13-17,19-20,22-26,34,37-38,40-58H2,1-3H3/b12-9-,21-18-,30-27-,31-28-,33-29-,35-32-,39-36-. The molecule has 0 bridgehead atoms. The number of carbonyl (C=O) groups excluding carboxylic acids is 3. The number of allylic oxidation sites excluding steroid dienone is 14. The van der Waals surface area contributed by atoms with Crippen LogP contribution >= 0.6 is 0 Å². The third-order valence-electron chi connectivity index (χ3n) is 12.2. The number of hydrogen-bond acceptors (Lipinski definition) is 6. The van der Waals surface area contributed by atoms with E-state index in [1.807, 2.05) is 0 Å². The summed E-state index contributed by atoms with van der Waals surface area (Å²) in [4.78, 5) is 38.1. The van der Waals surface area contributed by atoms with Gasteiger partial charge in [0.05, 0.1) is 0 Å². The molecule has 0 rings (SSSR count). The summed E-state index contributed by atoms with van der Waals surface area (Å²) >= 11 is 0. The van der Waals surface area contributed by atoms with Gasteiger partial charge < -0.3 is 14.2 Å². The van der Waals surface area contributed by atoms with Crippen molar-refractivity contribution in [1.82, 2.24) is 0 Å². The van der Waals surface area contributed by atoms with Gasteiger partial charge in [0.25, 0.3) is 0 Å². The van der Waals surface area contributed by atoms with E-state index >= 15 is 0 Å². The van der Waals surface area contributed by atoms with E-state index in [1.165, 1.54) is 109 Å². The Hall–Kier alpha value is -3.41. The Kier molecular flexibility index (Phi) is 53.4. The second kappa shape index (κ2) is 56.2. The van der Waals surface area contributed by atoms with Gasteiger partial charge in [0.2, 0.25) is 0 Å². The van der Waals surface area contributed by atoms with Crippen LogP contribution < -0.4 is 0 Å². The lowest BCUT2D eigenvalue weighted by Gasteiger charge is -2.18. The molecule has 6 heteroatoms. The summed E-state index contributed by atoms with van der Waals surface area (Å²) in [6.07, 6.45) is 72.8. The van der Waals surface area contributed by atoms with Gasteiger partial charge in [-0.1, -0.05) is 234 Å². The quantitative estimate of drug-likeness (QED) is 0.0199. The minimum Gasteiger partial charge on any atom is -0.462 e. The van der Waals surface area contributed by atoms with E-state index in [9.17, 15) is 14.4 Å². The van der Waals surface area contributed by atoms with Gasteiger partial charge in [-0.2, -0.15) is 0 Å². The fraction of sp³-hybridized carbons (Fsp3) is 0.726. The molecule has 0 aromatic heterocycles. The van der Waals surface area contributed by atoms with Crippen LogP contribution in [-0.4, -0.2) is 37.2 Å². The van der Waals surface area contributed by atoms with Gasteiger partial charge >= 0.3 is 17.9 Å². The third kappa shape index (κ3) is 53.5. The van der Waals surface area contributed by atoms with Crippen molar-refractivity contribution in [3.05, 3.63) is 85.1 Å². The number of unbranched alkanes of at least 4 members (excludes halogenated alkanes) is 28. The molecule has 0 saturated carbocycles. The first-order valence-electron chi connectivity index (χ1n) is 28.6. The summed E-state index contributed by atoms with van der Waals surface area (Å²) < 4.78 is 16.8. The Bertz CT molecular complexity index is 1320. The molecule has 0 aromatic rings. The molecule has 0 N–H and O–H groups in total. The van der Waals surface area contributed by atoms with Crippen LogP contribution in [0.4, 0.5) is 0 Å². The molecule has 68 heavy (non-hydrogen) atoms. The van der Waals surface area contributed by atoms with Gasteiger partial charge in [-0.05, 0) is 103 Å². The van der Waals surface area contributed by atoms with Crippen LogP contribution in [0.2, 0.25) is 0 Å². The van der Waals surface area contributed by atoms with Crippen molar-refractivity contribution in [3.8, 4) is 0 Å². The van der Waals surface area contributed by atoms with Gasteiger partial charge in [0.15, 0.2) is 6.10 Å². The highest BCUT2D eigenvalue weighted by atomic mass is 16.6. The van der Waals surface area contributed by atoms with E-state index in [2.05, 4.69) is 106 Å². The molecule has 1 unspecified atom stereocenters. The summed E-state index contributed by atoms with van der Waals surface area (Å²) in [5.74, 6) is -0.948. The molecule has 390 valence electrons. The summed E-state index contributed by atoms with van der Waals surface area (Å²) in [5.41, 5.74) is 0. The Morgan fingerprint density at radius 1 is 0.324 bits per heavy atom. The van der Waals surface area contributed by atoms with Crippen molar-refractivity contribution in [2.45, 2.75) is 277 Å². The van der Waals surface area contributed by atoms with E-state index in [0.717, 1.165) is 122 Å². The molecular formula is C62H106O6. The Balaban J connectivity index is 4.47. The molecule has 0 aliphatic heterocycles. The second-order valence-corrected chi connectivity index (χ2v) is 18.9. The predicted molar refractivity (Wildman–Crippen MR) is 293 cm³/mol. The van der Waals surface area contributed by atoms with E-state index in [1.54, 1.807) is 0 Å². The van der Waals surface area contributed by atoms with Crippen LogP contribution in [0.15, 0.2) is 85.1 Å². The highest BCUT2D eigenvalue weighted by Crippen LogP contribution is 2.14. The zero-order valence-electron chi connectivity index (χ0n) is 44.6. The van der Waals surface area contributed by atoms with Crippen LogP contribution in [0.3, 0.4) is 0 Å². The molecule has 0 aliphatic carbocycles. The van der Waals surface area contributed by atoms with Gasteiger partial charge in [-0.3, -0.25) is 14.4 Å². The lowest BCUT2D eigenvalue weighted by atomic mass is 10.1. The van der Waals surface area contributed by atoms with Crippen LogP contribution in [0.25, 0.3) is 0 Å². The molecule has 0 amide bonds. The average Bonchev–Trinajstić information content (AvgIpc) is 3.34. The normalized spacial score (nSPS) is 12.7. The fourth-order valence-electron chi connectivity index (χ4n) is 7.85. The number of rotatable bonds is 51. The van der Waals surface area contributed by atoms with Crippen molar-refractivity contribution in [2.24, 2.45) is 0 Å². The highest BCUT2D eigenvalue weighted by molar-refractivity contribution is 5.71. The van der Waals surface area contributed by atoms with Gasteiger partial charge in [-0.25, -0.2) is 0 Å². The maximum Gasteiger partial charge on any atom is 0.306 e. The minimum absolute atomic E-state index is 0.0987. The summed E-state index contributed by atoms with van der Waals surface area (Å²) in [7, 11) is 0. The van der Waals surface area contributed by atoms with Crippen molar-refractivity contribution in [2.75, 3.05) is 13.2 Å². The minimum atomic E-state index is -0.802. The Morgan fingerprint density at radius 2 is 0.618 bits per heavy atom. The topological polar surface area (TPSA) is 78.9 Å². The first kappa shape index (κ1) is 64.6. The lowest BCUT2D eigenvalue weighted by Crippen LogP contribution is -2.30. The molecule has 6 nitrogen and oxygen atoms in total. The number of hydrogen-bond donors (Lipinski definition) is 0.